The van der Waals surface area contributed by atoms with Gasteiger partial charge in [0.25, 0.3) is 0 Å². The fraction of sp³-hybridized carbons (Fsp3) is 0.294. The van der Waals surface area contributed by atoms with Gasteiger partial charge >= 0.3 is 0 Å². The van der Waals surface area contributed by atoms with Gasteiger partial charge in [-0.2, -0.15) is 0 Å². The summed E-state index contributed by atoms with van der Waals surface area (Å²) < 4.78 is 7.55. The number of anilines is 1. The van der Waals surface area contributed by atoms with Crippen LogP contribution in [-0.4, -0.2) is 45.6 Å². The number of hydrogen-bond donors (Lipinski definition) is 1. The molecule has 6 heteroatoms. The van der Waals surface area contributed by atoms with Gasteiger partial charge in [0.1, 0.15) is 5.65 Å². The number of pyridine rings is 2. The molecule has 1 aliphatic rings. The Balaban J connectivity index is 1.82. The van der Waals surface area contributed by atoms with Crippen LogP contribution in [0, 0.1) is 0 Å². The Labute approximate surface area is 134 Å². The van der Waals surface area contributed by atoms with Crippen molar-refractivity contribution in [2.75, 3.05) is 32.0 Å². The van der Waals surface area contributed by atoms with Gasteiger partial charge in [-0.3, -0.25) is 9.88 Å². The summed E-state index contributed by atoms with van der Waals surface area (Å²) in [6.07, 6.45) is 5.54. The minimum absolute atomic E-state index is 0.736. The molecule has 3 aromatic heterocycles. The average molecular weight is 309 g/mol. The third-order valence-corrected chi connectivity index (χ3v) is 4.17. The molecule has 0 saturated carbocycles. The second-order valence-corrected chi connectivity index (χ2v) is 5.72. The zero-order valence-corrected chi connectivity index (χ0v) is 12.9. The molecule has 0 amide bonds. The molecule has 0 spiro atoms. The summed E-state index contributed by atoms with van der Waals surface area (Å²) in [4.78, 5) is 11.3. The van der Waals surface area contributed by atoms with Crippen molar-refractivity contribution in [1.29, 1.82) is 0 Å². The Bertz CT molecular complexity index is 808. The van der Waals surface area contributed by atoms with Crippen LogP contribution in [0.4, 0.5) is 5.69 Å². The lowest BCUT2D eigenvalue weighted by molar-refractivity contribution is 0.0336. The van der Waals surface area contributed by atoms with Gasteiger partial charge < -0.3 is 14.9 Å². The predicted molar refractivity (Wildman–Crippen MR) is 88.9 cm³/mol. The smallest absolute Gasteiger partial charge is 0.137 e. The molecule has 0 aromatic carbocycles. The molecule has 118 valence electrons. The van der Waals surface area contributed by atoms with Gasteiger partial charge in [-0.1, -0.05) is 0 Å². The zero-order chi connectivity index (χ0) is 15.6. The van der Waals surface area contributed by atoms with E-state index >= 15 is 0 Å². The van der Waals surface area contributed by atoms with Gasteiger partial charge in [0.2, 0.25) is 0 Å². The molecule has 0 bridgehead atoms. The molecule has 4 heterocycles. The van der Waals surface area contributed by atoms with Crippen molar-refractivity contribution in [2.24, 2.45) is 0 Å². The molecule has 23 heavy (non-hydrogen) atoms. The number of nitrogens with zero attached hydrogens (tertiary/aromatic N) is 4. The number of nitrogens with two attached hydrogens (primary N) is 1. The Morgan fingerprint density at radius 2 is 1.87 bits per heavy atom. The highest BCUT2D eigenvalue weighted by molar-refractivity contribution is 5.67. The fourth-order valence-corrected chi connectivity index (χ4v) is 2.97. The molecule has 6 nitrogen and oxygen atoms in total. The lowest BCUT2D eigenvalue weighted by Crippen LogP contribution is -2.36. The molecule has 2 N–H and O–H groups in total. The number of morpholine rings is 1. The summed E-state index contributed by atoms with van der Waals surface area (Å²) in [5.41, 5.74) is 10.8. The molecule has 4 rings (SSSR count). The van der Waals surface area contributed by atoms with Crippen LogP contribution >= 0.6 is 0 Å². The number of aromatic nitrogens is 3. The first-order valence-corrected chi connectivity index (χ1v) is 7.78. The highest BCUT2D eigenvalue weighted by atomic mass is 16.5. The molecule has 0 aliphatic carbocycles. The van der Waals surface area contributed by atoms with Crippen LogP contribution in [0.15, 0.2) is 42.9 Å². The van der Waals surface area contributed by atoms with E-state index in [1.165, 1.54) is 0 Å². The molecule has 1 saturated heterocycles. The summed E-state index contributed by atoms with van der Waals surface area (Å²) >= 11 is 0. The zero-order valence-electron chi connectivity index (χ0n) is 12.9. The lowest BCUT2D eigenvalue weighted by Gasteiger charge is -2.26. The largest absolute Gasteiger partial charge is 0.398 e. The fourth-order valence-electron chi connectivity index (χ4n) is 2.97. The predicted octanol–water partition coefficient (Wildman–Crippen LogP) is 1.81. The minimum Gasteiger partial charge on any atom is -0.398 e. The third kappa shape index (κ3) is 2.78. The van der Waals surface area contributed by atoms with Crippen LogP contribution in [0.5, 0.6) is 0 Å². The minimum atomic E-state index is 0.736. The Morgan fingerprint density at radius 3 is 2.65 bits per heavy atom. The molecule has 1 fully saturated rings. The summed E-state index contributed by atoms with van der Waals surface area (Å²) in [5.74, 6) is 0. The molecule has 0 radical (unpaired) electrons. The van der Waals surface area contributed by atoms with E-state index in [4.69, 9.17) is 15.5 Å². The van der Waals surface area contributed by atoms with Crippen molar-refractivity contribution in [3.8, 4) is 11.3 Å². The van der Waals surface area contributed by atoms with Crippen molar-refractivity contribution >= 4 is 11.3 Å². The number of nitrogen functional groups attached to an aromatic ring is 1. The van der Waals surface area contributed by atoms with E-state index in [2.05, 4.69) is 14.3 Å². The van der Waals surface area contributed by atoms with Crippen molar-refractivity contribution in [3.05, 3.63) is 48.5 Å². The van der Waals surface area contributed by atoms with Gasteiger partial charge in [0.15, 0.2) is 0 Å². The third-order valence-electron chi connectivity index (χ3n) is 4.17. The maximum absolute atomic E-state index is 5.98. The molecule has 3 aromatic rings. The van der Waals surface area contributed by atoms with E-state index in [-0.39, 0.29) is 0 Å². The average Bonchev–Trinajstić information content (AvgIpc) is 2.95. The first kappa shape index (κ1) is 14.2. The first-order valence-electron chi connectivity index (χ1n) is 7.78. The van der Waals surface area contributed by atoms with E-state index < -0.39 is 0 Å². The van der Waals surface area contributed by atoms with Crippen LogP contribution in [0.3, 0.4) is 0 Å². The van der Waals surface area contributed by atoms with E-state index in [0.29, 0.717) is 0 Å². The number of imidazole rings is 1. The summed E-state index contributed by atoms with van der Waals surface area (Å²) in [5, 5.41) is 0. The quantitative estimate of drug-likeness (QED) is 0.799. The number of ether oxygens (including phenoxy) is 1. The van der Waals surface area contributed by atoms with Crippen molar-refractivity contribution in [2.45, 2.75) is 6.54 Å². The SMILES string of the molecule is Nc1ccc2nc(-c3ccncc3)c(CN3CCOCC3)n2c1. The Hall–Kier alpha value is -2.44. The highest BCUT2D eigenvalue weighted by Crippen LogP contribution is 2.26. The van der Waals surface area contributed by atoms with Crippen LogP contribution in [0.1, 0.15) is 5.69 Å². The normalized spacial score (nSPS) is 16.0. The van der Waals surface area contributed by atoms with Crippen molar-refractivity contribution < 1.29 is 4.74 Å². The van der Waals surface area contributed by atoms with E-state index in [0.717, 1.165) is 61.1 Å². The maximum Gasteiger partial charge on any atom is 0.137 e. The molecular formula is C17H19N5O. The summed E-state index contributed by atoms with van der Waals surface area (Å²) in [6.45, 7) is 4.26. The number of fused-ring (bicyclic) bond motifs is 1. The summed E-state index contributed by atoms with van der Waals surface area (Å²) in [7, 11) is 0. The molecule has 0 atom stereocenters. The van der Waals surface area contributed by atoms with Crippen LogP contribution < -0.4 is 5.73 Å². The van der Waals surface area contributed by atoms with E-state index in [1.807, 2.05) is 30.5 Å². The standard InChI is InChI=1S/C17H19N5O/c18-14-1-2-16-20-17(13-3-5-19-6-4-13)15(22(16)11-14)12-21-7-9-23-10-8-21/h1-6,11H,7-10,12,18H2. The van der Waals surface area contributed by atoms with E-state index in [1.54, 1.807) is 12.4 Å². The van der Waals surface area contributed by atoms with Crippen LogP contribution in [0.25, 0.3) is 16.9 Å². The second-order valence-electron chi connectivity index (χ2n) is 5.72. The molecule has 1 aliphatic heterocycles. The van der Waals surface area contributed by atoms with Crippen molar-refractivity contribution in [3.63, 3.8) is 0 Å². The summed E-state index contributed by atoms with van der Waals surface area (Å²) in [6, 6.07) is 7.84. The maximum atomic E-state index is 5.98. The molecular weight excluding hydrogens is 290 g/mol. The van der Waals surface area contributed by atoms with Gasteiger partial charge in [-0.25, -0.2) is 4.98 Å². The van der Waals surface area contributed by atoms with E-state index in [9.17, 15) is 0 Å². The Morgan fingerprint density at radius 1 is 1.09 bits per heavy atom. The Kier molecular flexibility index (Phi) is 3.69. The first-order chi connectivity index (χ1) is 11.3. The number of hydrogen-bond acceptors (Lipinski definition) is 5. The number of rotatable bonds is 3. The van der Waals surface area contributed by atoms with Gasteiger partial charge in [0.05, 0.1) is 24.6 Å². The monoisotopic (exact) mass is 309 g/mol. The second kappa shape index (κ2) is 5.98. The van der Waals surface area contributed by atoms with Crippen LogP contribution in [-0.2, 0) is 11.3 Å². The van der Waals surface area contributed by atoms with Gasteiger partial charge in [-0.15, -0.1) is 0 Å². The van der Waals surface area contributed by atoms with Crippen LogP contribution in [0.2, 0.25) is 0 Å². The topological polar surface area (TPSA) is 68.7 Å². The highest BCUT2D eigenvalue weighted by Gasteiger charge is 2.18. The van der Waals surface area contributed by atoms with Gasteiger partial charge in [-0.05, 0) is 24.3 Å². The lowest BCUT2D eigenvalue weighted by atomic mass is 10.1. The van der Waals surface area contributed by atoms with Gasteiger partial charge in [0, 0.05) is 49.5 Å². The molecule has 0 unspecified atom stereocenters. The van der Waals surface area contributed by atoms with Crippen molar-refractivity contribution in [1.82, 2.24) is 19.3 Å².